The lowest BCUT2D eigenvalue weighted by atomic mass is 10.1. The van der Waals surface area contributed by atoms with Gasteiger partial charge in [-0.05, 0) is 35.5 Å². The van der Waals surface area contributed by atoms with Crippen molar-refractivity contribution in [1.82, 2.24) is 5.32 Å². The molecule has 0 aromatic heterocycles. The van der Waals surface area contributed by atoms with Crippen LogP contribution in [-0.4, -0.2) is 21.9 Å². The largest absolute Gasteiger partial charge is 0.508 e. The molecule has 0 saturated heterocycles. The zero-order valence-corrected chi connectivity index (χ0v) is 10.9. The Balaban J connectivity index is 1.89. The Morgan fingerprint density at radius 1 is 1.00 bits per heavy atom. The van der Waals surface area contributed by atoms with E-state index in [2.05, 4.69) is 5.32 Å². The molecular weight excluding hydrogens is 254 g/mol. The first-order valence-corrected chi connectivity index (χ1v) is 6.31. The highest BCUT2D eigenvalue weighted by atomic mass is 16.3. The summed E-state index contributed by atoms with van der Waals surface area (Å²) in [6.07, 6.45) is 2.84. The summed E-state index contributed by atoms with van der Waals surface area (Å²) in [6.45, 7) is 0.284. The fourth-order valence-corrected chi connectivity index (χ4v) is 1.83. The first kappa shape index (κ1) is 14.0. The molecule has 4 N–H and O–H groups in total. The van der Waals surface area contributed by atoms with E-state index in [1.54, 1.807) is 6.20 Å². The average molecular weight is 271 g/mol. The van der Waals surface area contributed by atoms with Crippen molar-refractivity contribution in [3.63, 3.8) is 0 Å². The van der Waals surface area contributed by atoms with E-state index >= 15 is 0 Å². The smallest absolute Gasteiger partial charge is 0.119 e. The maximum atomic E-state index is 9.95. The van der Waals surface area contributed by atoms with Crippen molar-refractivity contribution < 1.29 is 15.3 Å². The van der Waals surface area contributed by atoms with Crippen molar-refractivity contribution in [3.05, 3.63) is 65.9 Å². The number of hydrogen-bond donors (Lipinski definition) is 4. The number of aromatic hydroxyl groups is 2. The molecule has 4 nitrogen and oxygen atoms in total. The predicted octanol–water partition coefficient (Wildman–Crippen LogP) is 2.39. The minimum Gasteiger partial charge on any atom is -0.508 e. The summed E-state index contributed by atoms with van der Waals surface area (Å²) < 4.78 is 0. The number of phenolic OH excluding ortho intramolecular Hbond substituents is 2. The molecule has 0 radical (unpaired) electrons. The number of aliphatic hydroxyl groups excluding tert-OH is 1. The molecule has 2 rings (SSSR count). The third kappa shape index (κ3) is 4.03. The van der Waals surface area contributed by atoms with Crippen LogP contribution in [0.4, 0.5) is 0 Å². The normalized spacial score (nSPS) is 12.4. The van der Waals surface area contributed by atoms with Crippen LogP contribution in [0.25, 0.3) is 6.08 Å². The van der Waals surface area contributed by atoms with E-state index in [1.165, 1.54) is 18.2 Å². The van der Waals surface area contributed by atoms with Gasteiger partial charge in [-0.15, -0.1) is 0 Å². The maximum Gasteiger partial charge on any atom is 0.119 e. The van der Waals surface area contributed by atoms with Crippen LogP contribution in [0, 0.1) is 0 Å². The Morgan fingerprint density at radius 2 is 1.65 bits per heavy atom. The van der Waals surface area contributed by atoms with Crippen LogP contribution < -0.4 is 5.32 Å². The van der Waals surface area contributed by atoms with Gasteiger partial charge in [0.2, 0.25) is 0 Å². The molecule has 0 saturated carbocycles. The molecule has 0 amide bonds. The van der Waals surface area contributed by atoms with E-state index in [0.717, 1.165) is 5.56 Å². The molecule has 4 heteroatoms. The Morgan fingerprint density at radius 3 is 2.30 bits per heavy atom. The summed E-state index contributed by atoms with van der Waals surface area (Å²) in [4.78, 5) is 0. The number of rotatable bonds is 5. The van der Waals surface area contributed by atoms with E-state index in [1.807, 2.05) is 36.4 Å². The van der Waals surface area contributed by atoms with Crippen LogP contribution in [0.1, 0.15) is 17.2 Å². The SMILES string of the molecule is Oc1cc(O)cc(C(O)CNC=Cc2ccccc2)c1. The molecule has 0 heterocycles. The standard InChI is InChI=1S/C16H17NO3/c18-14-8-13(9-15(19)10-14)16(20)11-17-7-6-12-4-2-1-3-5-12/h1-10,16-20H,11H2. The van der Waals surface area contributed by atoms with Crippen molar-refractivity contribution >= 4 is 6.08 Å². The zero-order chi connectivity index (χ0) is 14.4. The minimum atomic E-state index is -0.812. The van der Waals surface area contributed by atoms with Crippen LogP contribution in [0.3, 0.4) is 0 Å². The summed E-state index contributed by atoms with van der Waals surface area (Å²) in [5.74, 6) is -0.141. The van der Waals surface area contributed by atoms with E-state index < -0.39 is 6.10 Å². The molecule has 0 aliphatic carbocycles. The number of nitrogens with one attached hydrogen (secondary N) is 1. The molecule has 2 aromatic carbocycles. The average Bonchev–Trinajstić information content (AvgIpc) is 2.43. The highest BCUT2D eigenvalue weighted by molar-refractivity contribution is 5.48. The van der Waals surface area contributed by atoms with Crippen molar-refractivity contribution in [2.24, 2.45) is 0 Å². The highest BCUT2D eigenvalue weighted by Gasteiger charge is 2.08. The fourth-order valence-electron chi connectivity index (χ4n) is 1.83. The number of phenols is 2. The second kappa shape index (κ2) is 6.63. The molecule has 20 heavy (non-hydrogen) atoms. The van der Waals surface area contributed by atoms with E-state index in [0.29, 0.717) is 5.56 Å². The lowest BCUT2D eigenvalue weighted by Gasteiger charge is -2.11. The van der Waals surface area contributed by atoms with Crippen LogP contribution in [0.15, 0.2) is 54.7 Å². The summed E-state index contributed by atoms with van der Waals surface area (Å²) in [7, 11) is 0. The molecule has 104 valence electrons. The molecule has 1 atom stereocenters. The first-order valence-electron chi connectivity index (χ1n) is 6.31. The molecule has 0 spiro atoms. The second-order valence-corrected chi connectivity index (χ2v) is 4.45. The van der Waals surface area contributed by atoms with Gasteiger partial charge in [0.25, 0.3) is 0 Å². The number of aliphatic hydroxyl groups is 1. The quantitative estimate of drug-likeness (QED) is 0.674. The van der Waals surface area contributed by atoms with Gasteiger partial charge >= 0.3 is 0 Å². The van der Waals surface area contributed by atoms with Gasteiger partial charge in [-0.2, -0.15) is 0 Å². The second-order valence-electron chi connectivity index (χ2n) is 4.45. The van der Waals surface area contributed by atoms with Crippen LogP contribution in [-0.2, 0) is 0 Å². The van der Waals surface area contributed by atoms with Crippen molar-refractivity contribution in [2.75, 3.05) is 6.54 Å². The van der Waals surface area contributed by atoms with Gasteiger partial charge in [-0.3, -0.25) is 0 Å². The van der Waals surface area contributed by atoms with E-state index in [9.17, 15) is 15.3 Å². The monoisotopic (exact) mass is 271 g/mol. The predicted molar refractivity (Wildman–Crippen MR) is 78.2 cm³/mol. The molecule has 1 unspecified atom stereocenters. The van der Waals surface area contributed by atoms with Crippen LogP contribution in [0.2, 0.25) is 0 Å². The van der Waals surface area contributed by atoms with Crippen LogP contribution >= 0.6 is 0 Å². The van der Waals surface area contributed by atoms with Crippen molar-refractivity contribution in [1.29, 1.82) is 0 Å². The molecule has 0 bridgehead atoms. The van der Waals surface area contributed by atoms with E-state index in [-0.39, 0.29) is 18.0 Å². The molecule has 2 aromatic rings. The molecule has 0 aliphatic rings. The Labute approximate surface area is 117 Å². The van der Waals surface area contributed by atoms with Crippen molar-refractivity contribution in [2.45, 2.75) is 6.10 Å². The van der Waals surface area contributed by atoms with Gasteiger partial charge in [0.15, 0.2) is 0 Å². The minimum absolute atomic E-state index is 0.0705. The topological polar surface area (TPSA) is 72.7 Å². The lowest BCUT2D eigenvalue weighted by Crippen LogP contribution is -2.15. The summed E-state index contributed by atoms with van der Waals surface area (Å²) in [6, 6.07) is 13.9. The summed E-state index contributed by atoms with van der Waals surface area (Å²) in [5.41, 5.74) is 1.52. The molecular formula is C16H17NO3. The van der Waals surface area contributed by atoms with Gasteiger partial charge in [0.1, 0.15) is 11.5 Å². The van der Waals surface area contributed by atoms with Gasteiger partial charge in [-0.25, -0.2) is 0 Å². The first-order chi connectivity index (χ1) is 9.65. The summed E-state index contributed by atoms with van der Waals surface area (Å²) in [5, 5.41) is 31.6. The van der Waals surface area contributed by atoms with E-state index in [4.69, 9.17) is 0 Å². The Hall–Kier alpha value is -2.46. The third-order valence-electron chi connectivity index (χ3n) is 2.81. The van der Waals surface area contributed by atoms with Gasteiger partial charge in [0.05, 0.1) is 6.10 Å². The maximum absolute atomic E-state index is 9.95. The van der Waals surface area contributed by atoms with Crippen LogP contribution in [0.5, 0.6) is 11.5 Å². The number of benzene rings is 2. The Bertz CT molecular complexity index is 561. The number of hydrogen-bond acceptors (Lipinski definition) is 4. The van der Waals surface area contributed by atoms with Crippen molar-refractivity contribution in [3.8, 4) is 11.5 Å². The zero-order valence-electron chi connectivity index (χ0n) is 10.9. The summed E-state index contributed by atoms with van der Waals surface area (Å²) >= 11 is 0. The Kier molecular flexibility index (Phi) is 4.63. The van der Waals surface area contributed by atoms with Gasteiger partial charge < -0.3 is 20.6 Å². The fraction of sp³-hybridized carbons (Fsp3) is 0.125. The van der Waals surface area contributed by atoms with Gasteiger partial charge in [0, 0.05) is 12.6 Å². The lowest BCUT2D eigenvalue weighted by molar-refractivity contribution is 0.179. The van der Waals surface area contributed by atoms with Gasteiger partial charge in [-0.1, -0.05) is 30.3 Å². The highest BCUT2D eigenvalue weighted by Crippen LogP contribution is 2.24. The molecule has 0 aliphatic heterocycles. The third-order valence-corrected chi connectivity index (χ3v) is 2.81. The molecule has 0 fully saturated rings.